The summed E-state index contributed by atoms with van der Waals surface area (Å²) in [6.45, 7) is 0. The summed E-state index contributed by atoms with van der Waals surface area (Å²) in [6, 6.07) is 2.38. The Hall–Kier alpha value is -0.260. The van der Waals surface area contributed by atoms with Crippen LogP contribution in [-0.4, -0.2) is 6.04 Å². The van der Waals surface area contributed by atoms with Crippen molar-refractivity contribution in [2.75, 3.05) is 0 Å². The van der Waals surface area contributed by atoms with Gasteiger partial charge in [0.05, 0.1) is 12.0 Å². The predicted molar refractivity (Wildman–Crippen MR) is 42.8 cm³/mol. The van der Waals surface area contributed by atoms with E-state index in [1.165, 1.54) is 12.8 Å². The molecular formula is C7H13ClN2. The second kappa shape index (κ2) is 4.54. The highest BCUT2D eigenvalue weighted by Crippen LogP contribution is 2.21. The number of nitrogens with two attached hydrogens (primary N) is 1. The minimum Gasteiger partial charge on any atom is -0.327 e. The zero-order valence-corrected chi connectivity index (χ0v) is 6.73. The molecule has 0 aromatic rings. The van der Waals surface area contributed by atoms with E-state index in [4.69, 9.17) is 11.0 Å². The van der Waals surface area contributed by atoms with Crippen LogP contribution in [0.15, 0.2) is 0 Å². The highest BCUT2D eigenvalue weighted by atomic mass is 35.5. The fourth-order valence-electron chi connectivity index (χ4n) is 1.32. The molecule has 0 aromatic carbocycles. The number of hydrogen-bond acceptors (Lipinski definition) is 2. The molecule has 0 spiro atoms. The Labute approximate surface area is 67.8 Å². The molecule has 1 aliphatic rings. The first-order chi connectivity index (χ1) is 4.34. The lowest BCUT2D eigenvalue weighted by molar-refractivity contribution is 0.369. The summed E-state index contributed by atoms with van der Waals surface area (Å²) in [5, 5.41) is 8.53. The van der Waals surface area contributed by atoms with Crippen LogP contribution in [0.3, 0.4) is 0 Å². The predicted octanol–water partition coefficient (Wildman–Crippen LogP) is 1.45. The first-order valence-electron chi connectivity index (χ1n) is 3.50. The summed E-state index contributed by atoms with van der Waals surface area (Å²) in [7, 11) is 0. The third-order valence-corrected chi connectivity index (χ3v) is 1.99. The van der Waals surface area contributed by atoms with Crippen molar-refractivity contribution in [2.24, 2.45) is 11.7 Å². The van der Waals surface area contributed by atoms with Gasteiger partial charge in [0, 0.05) is 6.04 Å². The molecule has 0 aliphatic heterocycles. The van der Waals surface area contributed by atoms with Crippen LogP contribution in [0.1, 0.15) is 25.7 Å². The van der Waals surface area contributed by atoms with Crippen LogP contribution in [0, 0.1) is 17.2 Å². The topological polar surface area (TPSA) is 49.8 Å². The van der Waals surface area contributed by atoms with E-state index in [1.54, 1.807) is 0 Å². The van der Waals surface area contributed by atoms with Crippen LogP contribution in [0.5, 0.6) is 0 Å². The van der Waals surface area contributed by atoms with E-state index in [2.05, 4.69) is 6.07 Å². The Bertz CT molecular complexity index is 130. The second-order valence-corrected chi connectivity index (χ2v) is 2.68. The van der Waals surface area contributed by atoms with Crippen LogP contribution in [0.25, 0.3) is 0 Å². The van der Waals surface area contributed by atoms with Crippen molar-refractivity contribution < 1.29 is 0 Å². The van der Waals surface area contributed by atoms with E-state index < -0.39 is 0 Å². The van der Waals surface area contributed by atoms with Gasteiger partial charge in [-0.15, -0.1) is 12.4 Å². The number of hydrogen-bond donors (Lipinski definition) is 1. The Morgan fingerprint density at radius 3 is 2.30 bits per heavy atom. The summed E-state index contributed by atoms with van der Waals surface area (Å²) in [6.07, 6.45) is 4.45. The zero-order valence-electron chi connectivity index (χ0n) is 5.92. The molecule has 0 unspecified atom stereocenters. The molecule has 1 aliphatic carbocycles. The van der Waals surface area contributed by atoms with E-state index >= 15 is 0 Å². The molecule has 0 bridgehead atoms. The molecule has 1 rings (SSSR count). The first-order valence-corrected chi connectivity index (χ1v) is 3.50. The van der Waals surface area contributed by atoms with Gasteiger partial charge in [-0.05, 0) is 12.8 Å². The number of nitriles is 1. The number of halogens is 1. The maximum Gasteiger partial charge on any atom is 0.0672 e. The molecule has 10 heavy (non-hydrogen) atoms. The number of rotatable bonds is 0. The van der Waals surface area contributed by atoms with Crippen LogP contribution in [-0.2, 0) is 0 Å². The normalized spacial score (nSPS) is 32.0. The van der Waals surface area contributed by atoms with Crippen LogP contribution in [0.2, 0.25) is 0 Å². The van der Waals surface area contributed by atoms with Crippen molar-refractivity contribution in [3.05, 3.63) is 0 Å². The summed E-state index contributed by atoms with van der Waals surface area (Å²) in [5.74, 6) is 0.138. The Kier molecular flexibility index (Phi) is 4.42. The van der Waals surface area contributed by atoms with Crippen molar-refractivity contribution in [1.82, 2.24) is 0 Å². The first kappa shape index (κ1) is 9.74. The summed E-state index contributed by atoms with van der Waals surface area (Å²) in [4.78, 5) is 0. The third-order valence-electron chi connectivity index (χ3n) is 1.99. The molecule has 58 valence electrons. The lowest BCUT2D eigenvalue weighted by atomic mass is 9.86. The molecule has 2 atom stereocenters. The highest BCUT2D eigenvalue weighted by molar-refractivity contribution is 5.85. The highest BCUT2D eigenvalue weighted by Gasteiger charge is 2.20. The van der Waals surface area contributed by atoms with Crippen molar-refractivity contribution in [1.29, 1.82) is 5.26 Å². The maximum absolute atomic E-state index is 8.53. The smallest absolute Gasteiger partial charge is 0.0672 e. The quantitative estimate of drug-likeness (QED) is 0.583. The SMILES string of the molecule is Cl.N#C[C@@H]1CCCC[C@H]1N. The van der Waals surface area contributed by atoms with E-state index in [-0.39, 0.29) is 24.4 Å². The fraction of sp³-hybridized carbons (Fsp3) is 0.857. The van der Waals surface area contributed by atoms with Gasteiger partial charge >= 0.3 is 0 Å². The lowest BCUT2D eigenvalue weighted by Crippen LogP contribution is -2.31. The van der Waals surface area contributed by atoms with Crippen molar-refractivity contribution in [3.63, 3.8) is 0 Å². The molecule has 0 amide bonds. The molecule has 0 saturated heterocycles. The molecule has 1 fully saturated rings. The number of nitrogens with zero attached hydrogens (tertiary/aromatic N) is 1. The van der Waals surface area contributed by atoms with Gasteiger partial charge < -0.3 is 5.73 Å². The second-order valence-electron chi connectivity index (χ2n) is 2.68. The molecule has 0 radical (unpaired) electrons. The molecule has 2 N–H and O–H groups in total. The largest absolute Gasteiger partial charge is 0.327 e. The van der Waals surface area contributed by atoms with Gasteiger partial charge in [0.25, 0.3) is 0 Å². The van der Waals surface area contributed by atoms with Crippen LogP contribution in [0.4, 0.5) is 0 Å². The lowest BCUT2D eigenvalue weighted by Gasteiger charge is -2.22. The summed E-state index contributed by atoms with van der Waals surface area (Å²) < 4.78 is 0. The molecule has 1 saturated carbocycles. The fourth-order valence-corrected chi connectivity index (χ4v) is 1.32. The van der Waals surface area contributed by atoms with Gasteiger partial charge in [-0.3, -0.25) is 0 Å². The van der Waals surface area contributed by atoms with Crippen molar-refractivity contribution in [3.8, 4) is 6.07 Å². The van der Waals surface area contributed by atoms with Gasteiger partial charge in [0.15, 0.2) is 0 Å². The van der Waals surface area contributed by atoms with Crippen LogP contribution >= 0.6 is 12.4 Å². The van der Waals surface area contributed by atoms with Crippen molar-refractivity contribution in [2.45, 2.75) is 31.7 Å². The van der Waals surface area contributed by atoms with Crippen LogP contribution < -0.4 is 5.73 Å². The van der Waals surface area contributed by atoms with E-state index in [0.29, 0.717) is 0 Å². The minimum atomic E-state index is 0. The standard InChI is InChI=1S/C7H12N2.ClH/c8-5-6-3-1-2-4-7(6)9;/h6-7H,1-4,9H2;1H/t6-,7+;/m0./s1. The molecule has 0 aromatic heterocycles. The maximum atomic E-state index is 8.53. The Morgan fingerprint density at radius 1 is 1.30 bits per heavy atom. The van der Waals surface area contributed by atoms with Gasteiger partial charge in [-0.1, -0.05) is 12.8 Å². The van der Waals surface area contributed by atoms with Gasteiger partial charge in [0.1, 0.15) is 0 Å². The third kappa shape index (κ3) is 2.17. The Balaban J connectivity index is 0.000000810. The van der Waals surface area contributed by atoms with Gasteiger partial charge in [0.2, 0.25) is 0 Å². The van der Waals surface area contributed by atoms with E-state index in [0.717, 1.165) is 12.8 Å². The van der Waals surface area contributed by atoms with E-state index in [9.17, 15) is 0 Å². The van der Waals surface area contributed by atoms with Gasteiger partial charge in [-0.2, -0.15) is 5.26 Å². The molecule has 3 heteroatoms. The average Bonchev–Trinajstić information content (AvgIpc) is 1.89. The summed E-state index contributed by atoms with van der Waals surface area (Å²) in [5.41, 5.74) is 5.67. The van der Waals surface area contributed by atoms with Crippen molar-refractivity contribution >= 4 is 12.4 Å². The molecular weight excluding hydrogens is 148 g/mol. The van der Waals surface area contributed by atoms with Gasteiger partial charge in [-0.25, -0.2) is 0 Å². The van der Waals surface area contributed by atoms with E-state index in [1.807, 2.05) is 0 Å². The average molecular weight is 161 g/mol. The minimum absolute atomic E-state index is 0. The Morgan fingerprint density at radius 2 is 1.90 bits per heavy atom. The zero-order chi connectivity index (χ0) is 6.69. The molecule has 0 heterocycles. The monoisotopic (exact) mass is 160 g/mol. The summed E-state index contributed by atoms with van der Waals surface area (Å²) >= 11 is 0. The molecule has 2 nitrogen and oxygen atoms in total.